The van der Waals surface area contributed by atoms with Crippen LogP contribution in [0.2, 0.25) is 0 Å². The summed E-state index contributed by atoms with van der Waals surface area (Å²) in [6, 6.07) is 7.39. The molecule has 0 aromatic heterocycles. The first-order valence-corrected chi connectivity index (χ1v) is 7.40. The van der Waals surface area contributed by atoms with E-state index in [1.807, 2.05) is 31.2 Å². The topological polar surface area (TPSA) is 58.6 Å². The minimum absolute atomic E-state index is 0.0609. The molecule has 2 atom stereocenters. The van der Waals surface area contributed by atoms with E-state index >= 15 is 0 Å². The minimum atomic E-state index is -1.13. The van der Waals surface area contributed by atoms with Crippen molar-refractivity contribution in [3.63, 3.8) is 0 Å². The SMILES string of the molecule is CCNC(CCO)CS(=O)c1ccccc1OC. The number of rotatable bonds is 8. The molecule has 1 rings (SSSR count). The molecule has 1 aromatic rings. The van der Waals surface area contributed by atoms with Gasteiger partial charge >= 0.3 is 0 Å². The first-order chi connectivity index (χ1) is 8.72. The van der Waals surface area contributed by atoms with E-state index in [9.17, 15) is 4.21 Å². The second-order valence-corrected chi connectivity index (χ2v) is 5.39. The van der Waals surface area contributed by atoms with Crippen LogP contribution in [0.3, 0.4) is 0 Å². The van der Waals surface area contributed by atoms with Crippen LogP contribution >= 0.6 is 0 Å². The molecular formula is C13H21NO3S. The van der Waals surface area contributed by atoms with Crippen molar-refractivity contribution < 1.29 is 14.1 Å². The Morgan fingerprint density at radius 2 is 2.17 bits per heavy atom. The van der Waals surface area contributed by atoms with E-state index in [1.54, 1.807) is 7.11 Å². The van der Waals surface area contributed by atoms with Gasteiger partial charge in [-0.2, -0.15) is 0 Å². The van der Waals surface area contributed by atoms with Crippen LogP contribution in [0.1, 0.15) is 13.3 Å². The van der Waals surface area contributed by atoms with Gasteiger partial charge in [0.2, 0.25) is 0 Å². The summed E-state index contributed by atoms with van der Waals surface area (Å²) >= 11 is 0. The lowest BCUT2D eigenvalue weighted by molar-refractivity contribution is 0.270. The molecule has 0 aliphatic carbocycles. The van der Waals surface area contributed by atoms with Gasteiger partial charge in [0.25, 0.3) is 0 Å². The second-order valence-electron chi connectivity index (χ2n) is 3.93. The Bertz CT molecular complexity index is 378. The van der Waals surface area contributed by atoms with Crippen molar-refractivity contribution in [1.29, 1.82) is 0 Å². The molecule has 0 saturated heterocycles. The van der Waals surface area contributed by atoms with Gasteiger partial charge in [-0.15, -0.1) is 0 Å². The Hall–Kier alpha value is -0.910. The van der Waals surface area contributed by atoms with E-state index in [-0.39, 0.29) is 12.6 Å². The van der Waals surface area contributed by atoms with Gasteiger partial charge in [0.15, 0.2) is 0 Å². The first-order valence-electron chi connectivity index (χ1n) is 6.08. The standard InChI is InChI=1S/C13H21NO3S/c1-3-14-11(8-9-15)10-18(16)13-7-5-4-6-12(13)17-2/h4-7,11,14-15H,3,8-10H2,1-2H3. The Balaban J connectivity index is 2.73. The number of hydrogen-bond donors (Lipinski definition) is 2. The number of aliphatic hydroxyl groups excluding tert-OH is 1. The average molecular weight is 271 g/mol. The molecule has 0 aliphatic heterocycles. The Kier molecular flexibility index (Phi) is 6.93. The summed E-state index contributed by atoms with van der Waals surface area (Å²) in [5.41, 5.74) is 0. The van der Waals surface area contributed by atoms with E-state index in [2.05, 4.69) is 5.32 Å². The zero-order valence-corrected chi connectivity index (χ0v) is 11.7. The molecule has 0 fully saturated rings. The molecule has 102 valence electrons. The minimum Gasteiger partial charge on any atom is -0.495 e. The lowest BCUT2D eigenvalue weighted by atomic mass is 10.2. The molecular weight excluding hydrogens is 250 g/mol. The predicted octanol–water partition coefficient (Wildman–Crippen LogP) is 1.16. The van der Waals surface area contributed by atoms with Crippen molar-refractivity contribution in [2.75, 3.05) is 26.0 Å². The van der Waals surface area contributed by atoms with Crippen molar-refractivity contribution in [3.8, 4) is 5.75 Å². The average Bonchev–Trinajstić information content (AvgIpc) is 2.39. The van der Waals surface area contributed by atoms with Crippen LogP contribution in [0.4, 0.5) is 0 Å². The van der Waals surface area contributed by atoms with E-state index < -0.39 is 10.8 Å². The normalized spacial score (nSPS) is 14.2. The van der Waals surface area contributed by atoms with Crippen LogP contribution in [0, 0.1) is 0 Å². The highest BCUT2D eigenvalue weighted by atomic mass is 32.2. The maximum Gasteiger partial charge on any atom is 0.134 e. The van der Waals surface area contributed by atoms with Crippen molar-refractivity contribution in [2.24, 2.45) is 0 Å². The summed E-state index contributed by atoms with van der Waals surface area (Å²) in [6.45, 7) is 2.89. The summed E-state index contributed by atoms with van der Waals surface area (Å²) in [4.78, 5) is 0.709. The molecule has 2 N–H and O–H groups in total. The maximum absolute atomic E-state index is 12.3. The smallest absolute Gasteiger partial charge is 0.134 e. The zero-order chi connectivity index (χ0) is 13.4. The van der Waals surface area contributed by atoms with Crippen molar-refractivity contribution in [2.45, 2.75) is 24.3 Å². The number of nitrogens with one attached hydrogen (secondary N) is 1. The van der Waals surface area contributed by atoms with Crippen LogP contribution in [0.15, 0.2) is 29.2 Å². The van der Waals surface area contributed by atoms with Gasteiger partial charge in [-0.1, -0.05) is 19.1 Å². The molecule has 0 amide bonds. The van der Waals surface area contributed by atoms with Gasteiger partial charge in [-0.05, 0) is 25.1 Å². The molecule has 5 heteroatoms. The summed E-state index contributed by atoms with van der Waals surface area (Å²) in [5, 5.41) is 12.2. The molecule has 1 aromatic carbocycles. The van der Waals surface area contributed by atoms with Gasteiger partial charge in [0.05, 0.1) is 22.8 Å². The number of hydrogen-bond acceptors (Lipinski definition) is 4. The van der Waals surface area contributed by atoms with E-state index in [0.29, 0.717) is 22.8 Å². The third kappa shape index (κ3) is 4.40. The van der Waals surface area contributed by atoms with Gasteiger partial charge in [0, 0.05) is 18.4 Å². The predicted molar refractivity (Wildman–Crippen MR) is 73.4 cm³/mol. The van der Waals surface area contributed by atoms with Crippen LogP contribution in [-0.4, -0.2) is 41.4 Å². The van der Waals surface area contributed by atoms with Crippen molar-refractivity contribution in [3.05, 3.63) is 24.3 Å². The van der Waals surface area contributed by atoms with Gasteiger partial charge in [0.1, 0.15) is 5.75 Å². The van der Waals surface area contributed by atoms with E-state index in [0.717, 1.165) is 6.54 Å². The first kappa shape index (κ1) is 15.1. The fraction of sp³-hybridized carbons (Fsp3) is 0.538. The summed E-state index contributed by atoms with van der Waals surface area (Å²) in [7, 11) is 0.448. The van der Waals surface area contributed by atoms with Crippen molar-refractivity contribution >= 4 is 10.8 Å². The summed E-state index contributed by atoms with van der Waals surface area (Å²) in [5.74, 6) is 1.13. The number of benzene rings is 1. The third-order valence-corrected chi connectivity index (χ3v) is 4.17. The summed E-state index contributed by atoms with van der Waals surface area (Å²) < 4.78 is 17.5. The van der Waals surface area contributed by atoms with Crippen LogP contribution in [-0.2, 0) is 10.8 Å². The Labute approximate surface area is 111 Å². The lowest BCUT2D eigenvalue weighted by Crippen LogP contribution is -2.34. The highest BCUT2D eigenvalue weighted by Gasteiger charge is 2.15. The summed E-state index contributed by atoms with van der Waals surface area (Å²) in [6.07, 6.45) is 0.606. The molecule has 18 heavy (non-hydrogen) atoms. The Morgan fingerprint density at radius 3 is 2.78 bits per heavy atom. The quantitative estimate of drug-likeness (QED) is 0.745. The lowest BCUT2D eigenvalue weighted by Gasteiger charge is -2.17. The number of para-hydroxylation sites is 1. The monoisotopic (exact) mass is 271 g/mol. The number of ether oxygens (including phenoxy) is 1. The molecule has 0 spiro atoms. The molecule has 0 aliphatic rings. The highest BCUT2D eigenvalue weighted by Crippen LogP contribution is 2.21. The van der Waals surface area contributed by atoms with Crippen LogP contribution in [0.5, 0.6) is 5.75 Å². The molecule has 0 bridgehead atoms. The van der Waals surface area contributed by atoms with E-state index in [4.69, 9.17) is 9.84 Å². The molecule has 0 saturated carbocycles. The molecule has 0 radical (unpaired) electrons. The fourth-order valence-corrected chi connectivity index (χ4v) is 3.20. The highest BCUT2D eigenvalue weighted by molar-refractivity contribution is 7.85. The zero-order valence-electron chi connectivity index (χ0n) is 10.9. The Morgan fingerprint density at radius 1 is 1.44 bits per heavy atom. The van der Waals surface area contributed by atoms with Crippen molar-refractivity contribution in [1.82, 2.24) is 5.32 Å². The van der Waals surface area contributed by atoms with Gasteiger partial charge in [-0.25, -0.2) is 0 Å². The van der Waals surface area contributed by atoms with E-state index in [1.165, 1.54) is 0 Å². The van der Waals surface area contributed by atoms with Crippen LogP contribution in [0.25, 0.3) is 0 Å². The molecule has 2 unspecified atom stereocenters. The fourth-order valence-electron chi connectivity index (χ4n) is 1.77. The van der Waals surface area contributed by atoms with Gasteiger partial charge in [-0.3, -0.25) is 4.21 Å². The largest absolute Gasteiger partial charge is 0.495 e. The van der Waals surface area contributed by atoms with Gasteiger partial charge < -0.3 is 15.2 Å². The second kappa shape index (κ2) is 8.24. The third-order valence-electron chi connectivity index (χ3n) is 2.64. The number of aliphatic hydroxyl groups is 1. The van der Waals surface area contributed by atoms with Crippen LogP contribution < -0.4 is 10.1 Å². The number of methoxy groups -OCH3 is 1. The molecule has 0 heterocycles. The maximum atomic E-state index is 12.3. The molecule has 4 nitrogen and oxygen atoms in total.